The molecule has 0 spiro atoms. The maximum atomic E-state index is 15.1. The molecular weight excluding hydrogens is 568 g/mol. The van der Waals surface area contributed by atoms with Gasteiger partial charge in [0, 0.05) is 53.6 Å². The molecule has 0 aliphatic carbocycles. The van der Waals surface area contributed by atoms with Crippen LogP contribution in [0.25, 0.3) is 21.3 Å². The number of nitrogens with one attached hydrogen (secondary N) is 2. The number of halogens is 1. The molecule has 1 unspecified atom stereocenters. The van der Waals surface area contributed by atoms with Crippen molar-refractivity contribution >= 4 is 46.5 Å². The summed E-state index contributed by atoms with van der Waals surface area (Å²) in [7, 11) is 3.80. The van der Waals surface area contributed by atoms with Gasteiger partial charge >= 0.3 is 0 Å². The van der Waals surface area contributed by atoms with Crippen molar-refractivity contribution in [3.63, 3.8) is 0 Å². The minimum atomic E-state index is -0.427. The number of aromatic nitrogens is 2. The molecule has 1 fully saturated rings. The minimum absolute atomic E-state index is 0.108. The number of fused-ring (bicyclic) bond motifs is 1. The fourth-order valence-electron chi connectivity index (χ4n) is 4.88. The molecule has 0 radical (unpaired) electrons. The van der Waals surface area contributed by atoms with Crippen LogP contribution in [0.4, 0.5) is 10.1 Å². The summed E-state index contributed by atoms with van der Waals surface area (Å²) < 4.78 is 16.1. The highest BCUT2D eigenvalue weighted by molar-refractivity contribution is 7.67. The Bertz CT molecular complexity index is 1740. The van der Waals surface area contributed by atoms with Crippen molar-refractivity contribution < 1.29 is 9.18 Å². The average molecular weight is 604 g/mol. The summed E-state index contributed by atoms with van der Waals surface area (Å²) in [4.78, 5) is 31.2. The number of thiophene rings is 1. The third-order valence-electron chi connectivity index (χ3n) is 7.69. The first-order valence-electron chi connectivity index (χ1n) is 13.9. The van der Waals surface area contributed by atoms with E-state index in [-0.39, 0.29) is 19.7 Å². The summed E-state index contributed by atoms with van der Waals surface area (Å²) in [6, 6.07) is 14.4. The smallest absolute Gasteiger partial charge is 0.287 e. The van der Waals surface area contributed by atoms with Gasteiger partial charge in [0.25, 0.3) is 5.56 Å². The van der Waals surface area contributed by atoms with Crippen LogP contribution in [0.2, 0.25) is 0 Å². The van der Waals surface area contributed by atoms with E-state index in [0.717, 1.165) is 53.1 Å². The normalized spacial score (nSPS) is 16.0. The van der Waals surface area contributed by atoms with Gasteiger partial charge in [0.1, 0.15) is 11.5 Å². The van der Waals surface area contributed by atoms with Crippen molar-refractivity contribution in [3.8, 4) is 11.3 Å². The van der Waals surface area contributed by atoms with Crippen molar-refractivity contribution in [3.05, 3.63) is 98.2 Å². The number of carbonyl (C=O) groups excluding carboxylic acids is 1. The van der Waals surface area contributed by atoms with Crippen LogP contribution in [-0.4, -0.2) is 59.3 Å². The summed E-state index contributed by atoms with van der Waals surface area (Å²) >= 11 is 1.42. The molecular formula is C32H35FN5O2PS. The van der Waals surface area contributed by atoms with E-state index in [0.29, 0.717) is 32.7 Å². The molecule has 2 aromatic heterocycles. The summed E-state index contributed by atoms with van der Waals surface area (Å²) in [6.07, 6.45) is 2.92. The Kier molecular flexibility index (Phi) is 9.02. The first-order valence-corrected chi connectivity index (χ1v) is 15.7. The Hall–Kier alpha value is -3.65. The molecule has 4 aromatic rings. The van der Waals surface area contributed by atoms with Crippen molar-refractivity contribution in [2.24, 2.45) is 0 Å². The van der Waals surface area contributed by atoms with E-state index in [1.54, 1.807) is 19.1 Å². The predicted octanol–water partition coefficient (Wildman–Crippen LogP) is 6.10. The molecule has 2 aromatic carbocycles. The molecule has 1 aliphatic heterocycles. The number of H-pyrrole nitrogens is 1. The van der Waals surface area contributed by atoms with Crippen molar-refractivity contribution in [1.29, 1.82) is 0 Å². The molecule has 2 N–H and O–H groups in total. The maximum absolute atomic E-state index is 15.1. The fourth-order valence-corrected chi connectivity index (χ4v) is 7.04. The molecule has 3 heterocycles. The molecule has 5 rings (SSSR count). The van der Waals surface area contributed by atoms with Gasteiger partial charge in [0.05, 0.1) is 10.6 Å². The number of nitrogens with zero attached hydrogens (tertiary/aromatic N) is 3. The van der Waals surface area contributed by atoms with E-state index in [9.17, 15) is 9.59 Å². The molecule has 7 nitrogen and oxygen atoms in total. The molecule has 0 bridgehead atoms. The zero-order valence-electron chi connectivity index (χ0n) is 24.5. The second kappa shape index (κ2) is 12.7. The van der Waals surface area contributed by atoms with Crippen molar-refractivity contribution in [2.75, 3.05) is 39.0 Å². The lowest BCUT2D eigenvalue weighted by atomic mass is 10.0. The number of likely N-dealkylation sites (N-methyl/N-ethyl adjacent to an activating group) is 2. The Balaban J connectivity index is 1.46. The van der Waals surface area contributed by atoms with Gasteiger partial charge in [0.2, 0.25) is 0 Å². The van der Waals surface area contributed by atoms with Crippen LogP contribution in [0.1, 0.15) is 35.5 Å². The zero-order valence-corrected chi connectivity index (χ0v) is 26.3. The summed E-state index contributed by atoms with van der Waals surface area (Å²) in [5, 5.41) is 11.6. The van der Waals surface area contributed by atoms with E-state index < -0.39 is 5.82 Å². The van der Waals surface area contributed by atoms with Crippen molar-refractivity contribution in [2.45, 2.75) is 27.2 Å². The Labute approximate surface area is 250 Å². The number of hydrogen-bond donors (Lipinski definition) is 2. The highest BCUT2D eigenvalue weighted by Crippen LogP contribution is 2.33. The molecule has 218 valence electrons. The highest BCUT2D eigenvalue weighted by atomic mass is 32.1. The number of hydrogen-bond acceptors (Lipinski definition) is 7. The first-order chi connectivity index (χ1) is 20.1. The van der Waals surface area contributed by atoms with E-state index in [4.69, 9.17) is 0 Å². The number of aromatic amines is 1. The molecule has 1 saturated heterocycles. The number of allylic oxidation sites excluding steroid dienone is 2. The second-order valence-corrected chi connectivity index (χ2v) is 12.9. The number of benzene rings is 2. The Morgan fingerprint density at radius 3 is 2.74 bits per heavy atom. The summed E-state index contributed by atoms with van der Waals surface area (Å²) in [5.74, 6) is -0.427. The van der Waals surface area contributed by atoms with Gasteiger partial charge in [-0.2, -0.15) is 5.10 Å². The van der Waals surface area contributed by atoms with Crippen LogP contribution in [0.15, 0.2) is 76.4 Å². The van der Waals surface area contributed by atoms with Crippen LogP contribution in [0.5, 0.6) is 0 Å². The van der Waals surface area contributed by atoms with Crippen LogP contribution in [0, 0.1) is 12.7 Å². The van der Waals surface area contributed by atoms with Gasteiger partial charge in [0.15, 0.2) is 5.52 Å². The predicted molar refractivity (Wildman–Crippen MR) is 174 cm³/mol. The van der Waals surface area contributed by atoms with Gasteiger partial charge in [-0.15, -0.1) is 11.3 Å². The van der Waals surface area contributed by atoms with Crippen molar-refractivity contribution in [1.82, 2.24) is 20.0 Å². The summed E-state index contributed by atoms with van der Waals surface area (Å²) in [5.41, 5.74) is 4.80. The van der Waals surface area contributed by atoms with E-state index in [1.807, 2.05) is 37.3 Å². The second-order valence-electron chi connectivity index (χ2n) is 10.7. The topological polar surface area (TPSA) is 81.3 Å². The van der Waals surface area contributed by atoms with Crippen LogP contribution in [0.3, 0.4) is 0 Å². The zero-order chi connectivity index (χ0) is 30.0. The largest absolute Gasteiger partial charge is 0.375 e. The maximum Gasteiger partial charge on any atom is 0.287 e. The van der Waals surface area contributed by atoms with Crippen LogP contribution >= 0.6 is 19.9 Å². The van der Waals surface area contributed by atoms with Gasteiger partial charge < -0.3 is 10.2 Å². The quantitative estimate of drug-likeness (QED) is 0.237. The number of piperazine rings is 1. The molecule has 42 heavy (non-hydrogen) atoms. The third-order valence-corrected chi connectivity index (χ3v) is 10.3. The number of carbonyl (C=O) groups is 1. The number of anilines is 1. The summed E-state index contributed by atoms with van der Waals surface area (Å²) in [6.45, 7) is 8.67. The Morgan fingerprint density at radius 1 is 1.19 bits per heavy atom. The van der Waals surface area contributed by atoms with Gasteiger partial charge in [-0.05, 0) is 83.3 Å². The van der Waals surface area contributed by atoms with E-state index in [2.05, 4.69) is 52.4 Å². The van der Waals surface area contributed by atoms with Gasteiger partial charge in [-0.3, -0.25) is 14.5 Å². The standard InChI is InChI=1S/C32H35FN5O2PS/c1-6-19(2)25(16-22-18-37(4)13-14-38(22)5)34-27-17-26(35-36-31(27)39)23-11-12-24(33)30(20(23)3)41-32(40)29-15-21-9-7-8-10-28(21)42-29/h7-12,15-17,41H,6,13-14,18H2,1-5H3,(H,34,35)(H,36,39)/b22-16-,25-19?. The molecule has 1 aliphatic rings. The number of rotatable bonds is 8. The fraction of sp³-hybridized carbons (Fsp3) is 0.281. The lowest BCUT2D eigenvalue weighted by Crippen LogP contribution is -2.40. The van der Waals surface area contributed by atoms with Gasteiger partial charge in [-0.25, -0.2) is 9.49 Å². The Morgan fingerprint density at radius 2 is 1.98 bits per heavy atom. The average Bonchev–Trinajstić information content (AvgIpc) is 3.42. The van der Waals surface area contributed by atoms with E-state index in [1.165, 1.54) is 17.4 Å². The third kappa shape index (κ3) is 6.38. The highest BCUT2D eigenvalue weighted by Gasteiger charge is 2.20. The monoisotopic (exact) mass is 603 g/mol. The van der Waals surface area contributed by atoms with Gasteiger partial charge in [-0.1, -0.05) is 30.7 Å². The molecule has 10 heteroatoms. The molecule has 0 amide bonds. The lowest BCUT2D eigenvalue weighted by Gasteiger charge is -2.34. The van der Waals surface area contributed by atoms with Crippen LogP contribution in [-0.2, 0) is 0 Å². The SMILES string of the molecule is CCC(C)=C(/C=C1/CN(C)CCN1C)Nc1cc(-c2ccc(F)c(PC(=O)c3cc4ccccc4s3)c2C)n[nH]c1=O. The lowest BCUT2D eigenvalue weighted by molar-refractivity contribution is 0.108. The first kappa shape index (κ1) is 29.8. The van der Waals surface area contributed by atoms with E-state index >= 15 is 4.39 Å². The minimum Gasteiger partial charge on any atom is -0.375 e. The molecule has 0 saturated carbocycles. The molecule has 1 atom stereocenters. The van der Waals surface area contributed by atoms with Crippen LogP contribution < -0.4 is 16.2 Å².